The maximum absolute atomic E-state index is 10.2. The lowest BCUT2D eigenvalue weighted by Gasteiger charge is -2.29. The Bertz CT molecular complexity index is 396. The van der Waals surface area contributed by atoms with Crippen LogP contribution in [0.1, 0.15) is 57.1 Å². The van der Waals surface area contributed by atoms with E-state index in [1.807, 2.05) is 24.3 Å². The zero-order chi connectivity index (χ0) is 15.1. The molecule has 3 heteroatoms. The summed E-state index contributed by atoms with van der Waals surface area (Å²) in [6, 6.07) is 8.24. The molecule has 1 aliphatic carbocycles. The van der Waals surface area contributed by atoms with Crippen molar-refractivity contribution in [1.29, 1.82) is 0 Å². The van der Waals surface area contributed by atoms with Crippen LogP contribution < -0.4 is 10.1 Å². The normalized spacial score (nSPS) is 23.8. The molecule has 0 aromatic heterocycles. The second kappa shape index (κ2) is 8.40. The van der Waals surface area contributed by atoms with E-state index < -0.39 is 6.10 Å². The summed E-state index contributed by atoms with van der Waals surface area (Å²) < 4.78 is 5.14. The number of nitrogens with one attached hydrogen (secondary N) is 1. The summed E-state index contributed by atoms with van der Waals surface area (Å²) in [6.45, 7) is 2.91. The summed E-state index contributed by atoms with van der Waals surface area (Å²) in [5.41, 5.74) is 0.947. The Morgan fingerprint density at radius 2 is 1.86 bits per heavy atom. The van der Waals surface area contributed by atoms with E-state index >= 15 is 0 Å². The molecule has 3 nitrogen and oxygen atoms in total. The fourth-order valence-corrected chi connectivity index (χ4v) is 3.29. The summed E-state index contributed by atoms with van der Waals surface area (Å²) in [7, 11) is 1.65. The van der Waals surface area contributed by atoms with E-state index in [1.54, 1.807) is 7.11 Å². The van der Waals surface area contributed by atoms with Gasteiger partial charge in [-0.25, -0.2) is 0 Å². The molecule has 1 aliphatic rings. The van der Waals surface area contributed by atoms with Gasteiger partial charge in [0.2, 0.25) is 0 Å². The molecule has 1 aromatic rings. The molecule has 1 aromatic carbocycles. The first-order valence-electron chi connectivity index (χ1n) is 8.28. The van der Waals surface area contributed by atoms with Crippen LogP contribution >= 0.6 is 0 Å². The number of hydrogen-bond donors (Lipinski definition) is 2. The zero-order valence-electron chi connectivity index (χ0n) is 13.3. The molecule has 0 bridgehead atoms. The van der Waals surface area contributed by atoms with Crippen molar-refractivity contribution in [2.75, 3.05) is 13.7 Å². The van der Waals surface area contributed by atoms with Crippen LogP contribution in [0.5, 0.6) is 5.75 Å². The van der Waals surface area contributed by atoms with Gasteiger partial charge in [-0.15, -0.1) is 0 Å². The van der Waals surface area contributed by atoms with Gasteiger partial charge >= 0.3 is 0 Å². The number of methoxy groups -OCH3 is 1. The molecule has 2 N–H and O–H groups in total. The van der Waals surface area contributed by atoms with Crippen LogP contribution in [0.4, 0.5) is 0 Å². The van der Waals surface area contributed by atoms with E-state index in [0.717, 1.165) is 17.2 Å². The summed E-state index contributed by atoms with van der Waals surface area (Å²) in [5, 5.41) is 13.8. The molecule has 2 rings (SSSR count). The van der Waals surface area contributed by atoms with Crippen molar-refractivity contribution >= 4 is 0 Å². The first-order chi connectivity index (χ1) is 10.2. The van der Waals surface area contributed by atoms with E-state index in [9.17, 15) is 5.11 Å². The largest absolute Gasteiger partial charge is 0.497 e. The summed E-state index contributed by atoms with van der Waals surface area (Å²) >= 11 is 0. The van der Waals surface area contributed by atoms with Gasteiger partial charge < -0.3 is 15.2 Å². The van der Waals surface area contributed by atoms with Crippen LogP contribution in [0.25, 0.3) is 0 Å². The topological polar surface area (TPSA) is 41.5 Å². The van der Waals surface area contributed by atoms with Crippen LogP contribution in [0.3, 0.4) is 0 Å². The Balaban J connectivity index is 1.72. The number of hydrogen-bond acceptors (Lipinski definition) is 3. The van der Waals surface area contributed by atoms with Gasteiger partial charge in [-0.05, 0) is 49.3 Å². The van der Waals surface area contributed by atoms with E-state index in [-0.39, 0.29) is 0 Å². The number of benzene rings is 1. The van der Waals surface area contributed by atoms with Crippen LogP contribution in [0.15, 0.2) is 24.3 Å². The maximum atomic E-state index is 10.2. The predicted octanol–water partition coefficient (Wildman–Crippen LogP) is 3.68. The molecule has 0 amide bonds. The van der Waals surface area contributed by atoms with Crippen molar-refractivity contribution in [3.05, 3.63) is 29.8 Å². The standard InChI is InChI=1S/C18H29NO2/c1-3-4-14-5-9-16(10-6-14)19-13-18(20)15-7-11-17(21-2)12-8-15/h7-8,11-12,14,16,18-20H,3-6,9-10,13H2,1-2H3. The molecular weight excluding hydrogens is 262 g/mol. The van der Waals surface area contributed by atoms with Crippen LogP contribution in [0.2, 0.25) is 0 Å². The van der Waals surface area contributed by atoms with Gasteiger partial charge in [0.15, 0.2) is 0 Å². The Hall–Kier alpha value is -1.06. The number of rotatable bonds is 7. The zero-order valence-corrected chi connectivity index (χ0v) is 13.3. The minimum absolute atomic E-state index is 0.440. The van der Waals surface area contributed by atoms with Gasteiger partial charge in [-0.1, -0.05) is 31.9 Å². The Morgan fingerprint density at radius 1 is 1.19 bits per heavy atom. The lowest BCUT2D eigenvalue weighted by atomic mass is 9.83. The maximum Gasteiger partial charge on any atom is 0.118 e. The Morgan fingerprint density at radius 3 is 2.43 bits per heavy atom. The summed E-state index contributed by atoms with van der Waals surface area (Å²) in [4.78, 5) is 0. The smallest absolute Gasteiger partial charge is 0.118 e. The highest BCUT2D eigenvalue weighted by atomic mass is 16.5. The minimum atomic E-state index is -0.440. The molecule has 118 valence electrons. The van der Waals surface area contributed by atoms with Crippen molar-refractivity contribution in [2.24, 2.45) is 5.92 Å². The van der Waals surface area contributed by atoms with Crippen LogP contribution in [-0.2, 0) is 0 Å². The van der Waals surface area contributed by atoms with Gasteiger partial charge in [0, 0.05) is 12.6 Å². The SMILES string of the molecule is CCCC1CCC(NCC(O)c2ccc(OC)cc2)CC1. The highest BCUT2D eigenvalue weighted by Crippen LogP contribution is 2.28. The van der Waals surface area contributed by atoms with E-state index in [2.05, 4.69) is 12.2 Å². The average molecular weight is 291 g/mol. The van der Waals surface area contributed by atoms with Gasteiger partial charge in [-0.3, -0.25) is 0 Å². The van der Waals surface area contributed by atoms with Crippen molar-refractivity contribution in [2.45, 2.75) is 57.6 Å². The van der Waals surface area contributed by atoms with Crippen LogP contribution in [0, 0.1) is 5.92 Å². The highest BCUT2D eigenvalue weighted by Gasteiger charge is 2.20. The van der Waals surface area contributed by atoms with E-state index in [1.165, 1.54) is 38.5 Å². The third-order valence-corrected chi connectivity index (χ3v) is 4.64. The number of ether oxygens (including phenoxy) is 1. The van der Waals surface area contributed by atoms with E-state index in [4.69, 9.17) is 4.74 Å². The van der Waals surface area contributed by atoms with Crippen molar-refractivity contribution < 1.29 is 9.84 Å². The van der Waals surface area contributed by atoms with Crippen molar-refractivity contribution in [3.63, 3.8) is 0 Å². The molecule has 0 radical (unpaired) electrons. The molecule has 1 atom stereocenters. The molecule has 1 fully saturated rings. The van der Waals surface area contributed by atoms with Crippen molar-refractivity contribution in [1.82, 2.24) is 5.32 Å². The van der Waals surface area contributed by atoms with Gasteiger partial charge in [-0.2, -0.15) is 0 Å². The fraction of sp³-hybridized carbons (Fsp3) is 0.667. The monoisotopic (exact) mass is 291 g/mol. The Kier molecular flexibility index (Phi) is 6.52. The third-order valence-electron chi connectivity index (χ3n) is 4.64. The van der Waals surface area contributed by atoms with Gasteiger partial charge in [0.1, 0.15) is 5.75 Å². The first-order valence-corrected chi connectivity index (χ1v) is 8.28. The van der Waals surface area contributed by atoms with Gasteiger partial charge in [0.05, 0.1) is 13.2 Å². The lowest BCUT2D eigenvalue weighted by molar-refractivity contribution is 0.161. The summed E-state index contributed by atoms with van der Waals surface area (Å²) in [6.07, 6.45) is 7.42. The minimum Gasteiger partial charge on any atom is -0.497 e. The third kappa shape index (κ3) is 5.01. The molecule has 0 heterocycles. The molecule has 0 aliphatic heterocycles. The van der Waals surface area contributed by atoms with Crippen LogP contribution in [-0.4, -0.2) is 24.8 Å². The highest BCUT2D eigenvalue weighted by molar-refractivity contribution is 5.28. The molecule has 0 saturated heterocycles. The Labute approximate surface area is 128 Å². The molecule has 1 unspecified atom stereocenters. The predicted molar refractivity (Wildman–Crippen MR) is 86.6 cm³/mol. The fourth-order valence-electron chi connectivity index (χ4n) is 3.29. The number of aliphatic hydroxyl groups excluding tert-OH is 1. The lowest BCUT2D eigenvalue weighted by Crippen LogP contribution is -2.35. The summed E-state index contributed by atoms with van der Waals surface area (Å²) in [5.74, 6) is 1.76. The quantitative estimate of drug-likeness (QED) is 0.805. The second-order valence-corrected chi connectivity index (χ2v) is 6.20. The first kappa shape index (κ1) is 16.3. The molecular formula is C18H29NO2. The average Bonchev–Trinajstić information content (AvgIpc) is 2.54. The molecule has 1 saturated carbocycles. The molecule has 0 spiro atoms. The molecule has 21 heavy (non-hydrogen) atoms. The van der Waals surface area contributed by atoms with Gasteiger partial charge in [0.25, 0.3) is 0 Å². The van der Waals surface area contributed by atoms with E-state index in [0.29, 0.717) is 12.6 Å². The second-order valence-electron chi connectivity index (χ2n) is 6.20. The van der Waals surface area contributed by atoms with Crippen molar-refractivity contribution in [3.8, 4) is 5.75 Å². The number of aliphatic hydroxyl groups is 1.